The minimum atomic E-state index is -0.781. The monoisotopic (exact) mass is 552 g/mol. The van der Waals surface area contributed by atoms with E-state index in [4.69, 9.17) is 23.4 Å². The molecule has 6 rings (SSSR count). The molecule has 1 saturated carbocycles. The van der Waals surface area contributed by atoms with E-state index in [0.29, 0.717) is 6.61 Å². The maximum atomic E-state index is 13.1. The summed E-state index contributed by atoms with van der Waals surface area (Å²) in [6, 6.07) is 2.00. The molecule has 1 aromatic rings. The SMILES string of the molecule is COC(=O)C[C@H]1[C@]2(C)C3=C(C)[C@H](c4ccoc4)C[C@H]3O[C@@H]2[C@@H]2OC[C@]3(C)C(O)=C[C@H](OC(=O)C=C(C)C)[C@@]1(C)[C@@H]23. The molecule has 3 heterocycles. The van der Waals surface area contributed by atoms with E-state index in [1.165, 1.54) is 24.3 Å². The Bertz CT molecular complexity index is 1320. The van der Waals surface area contributed by atoms with Crippen LogP contribution in [0.2, 0.25) is 0 Å². The zero-order chi connectivity index (χ0) is 28.8. The van der Waals surface area contributed by atoms with Gasteiger partial charge in [0.05, 0.1) is 50.0 Å². The van der Waals surface area contributed by atoms with Crippen LogP contribution in [-0.4, -0.2) is 55.2 Å². The summed E-state index contributed by atoms with van der Waals surface area (Å²) in [5.74, 6) is -1.09. The molecule has 0 aromatic carbocycles. The molecule has 10 atom stereocenters. The number of carbonyl (C=O) groups excluding carboxylic acids is 2. The van der Waals surface area contributed by atoms with Crippen LogP contribution in [0, 0.1) is 28.1 Å². The van der Waals surface area contributed by atoms with Crippen molar-refractivity contribution in [2.75, 3.05) is 13.7 Å². The maximum Gasteiger partial charge on any atom is 0.331 e. The number of hydrogen-bond acceptors (Lipinski definition) is 8. The van der Waals surface area contributed by atoms with E-state index in [-0.39, 0.29) is 54.2 Å². The molecule has 216 valence electrons. The van der Waals surface area contributed by atoms with Gasteiger partial charge in [0, 0.05) is 35.2 Å². The van der Waals surface area contributed by atoms with Crippen LogP contribution in [0.5, 0.6) is 0 Å². The molecular weight excluding hydrogens is 512 g/mol. The zero-order valence-corrected chi connectivity index (χ0v) is 24.4. The Kier molecular flexibility index (Phi) is 6.21. The van der Waals surface area contributed by atoms with Crippen molar-refractivity contribution in [3.8, 4) is 0 Å². The van der Waals surface area contributed by atoms with Gasteiger partial charge in [0.15, 0.2) is 0 Å². The summed E-state index contributed by atoms with van der Waals surface area (Å²) in [4.78, 5) is 26.2. The molecule has 5 aliphatic rings. The lowest BCUT2D eigenvalue weighted by Crippen LogP contribution is -2.68. The second-order valence-electron chi connectivity index (χ2n) is 13.3. The number of aliphatic hydroxyl groups is 1. The molecule has 3 aliphatic carbocycles. The summed E-state index contributed by atoms with van der Waals surface area (Å²) in [5, 5.41) is 11.4. The van der Waals surface area contributed by atoms with Gasteiger partial charge in [-0.15, -0.1) is 0 Å². The van der Waals surface area contributed by atoms with Gasteiger partial charge in [-0.05, 0) is 63.3 Å². The van der Waals surface area contributed by atoms with E-state index in [9.17, 15) is 14.7 Å². The van der Waals surface area contributed by atoms with Crippen LogP contribution in [0.3, 0.4) is 0 Å². The first-order chi connectivity index (χ1) is 18.9. The van der Waals surface area contributed by atoms with Crippen LogP contribution >= 0.6 is 0 Å². The standard InChI is InChI=1S/C32H40O8/c1-16(2)10-25(35)40-23-13-22(33)30(4)15-38-27-28(30)31(23,5)21(12-24(34)36-7)32(6)26-17(3)19(18-8-9-37-14-18)11-20(26)39-29(27)32/h8-10,13-14,19-21,23,27-29,33H,11-12,15H2,1-7H3/t19-,20-,21-,23+,27-,28+,29-,30-,31+,32-/m1/s1. The molecular formula is C32H40O8. The number of allylic oxidation sites excluding steroid dienone is 2. The Balaban J connectivity index is 1.55. The second-order valence-corrected chi connectivity index (χ2v) is 13.3. The Hall–Kier alpha value is -2.84. The van der Waals surface area contributed by atoms with Gasteiger partial charge in [0.25, 0.3) is 0 Å². The molecule has 3 fully saturated rings. The number of rotatable bonds is 5. The molecule has 0 bridgehead atoms. The molecule has 8 nitrogen and oxygen atoms in total. The van der Waals surface area contributed by atoms with Crippen LogP contribution in [0.4, 0.5) is 0 Å². The molecule has 2 aliphatic heterocycles. The van der Waals surface area contributed by atoms with Crippen molar-refractivity contribution in [2.45, 2.75) is 84.7 Å². The zero-order valence-electron chi connectivity index (χ0n) is 24.4. The third-order valence-electron chi connectivity index (χ3n) is 10.9. The number of ether oxygens (including phenoxy) is 4. The van der Waals surface area contributed by atoms with Crippen LogP contribution < -0.4 is 0 Å². The van der Waals surface area contributed by atoms with Gasteiger partial charge in [-0.25, -0.2) is 4.79 Å². The van der Waals surface area contributed by atoms with E-state index in [1.807, 2.05) is 26.8 Å². The fourth-order valence-corrected chi connectivity index (χ4v) is 9.32. The molecule has 8 heteroatoms. The predicted molar refractivity (Wildman–Crippen MR) is 145 cm³/mol. The predicted octanol–water partition coefficient (Wildman–Crippen LogP) is 5.41. The quantitative estimate of drug-likeness (QED) is 0.294. The largest absolute Gasteiger partial charge is 0.512 e. The number of esters is 2. The third kappa shape index (κ3) is 3.51. The van der Waals surface area contributed by atoms with Crippen LogP contribution in [0.25, 0.3) is 0 Å². The van der Waals surface area contributed by atoms with Crippen molar-refractivity contribution in [3.05, 3.63) is 58.8 Å². The number of furan rings is 1. The minimum absolute atomic E-state index is 0.119. The normalized spacial score (nSPS) is 43.0. The summed E-state index contributed by atoms with van der Waals surface area (Å²) in [6.45, 7) is 12.4. The Morgan fingerprint density at radius 3 is 2.62 bits per heavy atom. The second kappa shape index (κ2) is 9.08. The molecule has 1 aromatic heterocycles. The van der Waals surface area contributed by atoms with Crippen LogP contribution in [0.1, 0.15) is 65.9 Å². The highest BCUT2D eigenvalue weighted by molar-refractivity contribution is 5.83. The van der Waals surface area contributed by atoms with Crippen LogP contribution in [0.15, 0.2) is 57.6 Å². The lowest BCUT2D eigenvalue weighted by Gasteiger charge is -2.63. The number of hydrogen-bond donors (Lipinski definition) is 1. The molecule has 0 amide bonds. The van der Waals surface area contributed by atoms with Crippen molar-refractivity contribution in [1.82, 2.24) is 0 Å². The van der Waals surface area contributed by atoms with E-state index in [1.54, 1.807) is 18.6 Å². The Labute approximate surface area is 235 Å². The van der Waals surface area contributed by atoms with Crippen molar-refractivity contribution in [1.29, 1.82) is 0 Å². The topological polar surface area (TPSA) is 104 Å². The smallest absolute Gasteiger partial charge is 0.331 e. The fraction of sp³-hybridized carbons (Fsp3) is 0.625. The first-order valence-electron chi connectivity index (χ1n) is 14.2. The molecule has 2 saturated heterocycles. The van der Waals surface area contributed by atoms with Crippen molar-refractivity contribution < 1.29 is 38.1 Å². The van der Waals surface area contributed by atoms with E-state index >= 15 is 0 Å². The van der Waals surface area contributed by atoms with Gasteiger partial charge in [-0.3, -0.25) is 4.79 Å². The average Bonchev–Trinajstić information content (AvgIpc) is 3.65. The van der Waals surface area contributed by atoms with E-state index < -0.39 is 28.3 Å². The molecule has 1 N–H and O–H groups in total. The van der Waals surface area contributed by atoms with Gasteiger partial charge in [0.2, 0.25) is 0 Å². The fourth-order valence-electron chi connectivity index (χ4n) is 9.32. The molecule has 0 unspecified atom stereocenters. The van der Waals surface area contributed by atoms with E-state index in [2.05, 4.69) is 20.8 Å². The summed E-state index contributed by atoms with van der Waals surface area (Å²) >= 11 is 0. The average molecular weight is 553 g/mol. The third-order valence-corrected chi connectivity index (χ3v) is 10.9. The Morgan fingerprint density at radius 2 is 1.98 bits per heavy atom. The maximum absolute atomic E-state index is 13.1. The number of aliphatic hydroxyl groups excluding tert-OH is 1. The lowest BCUT2D eigenvalue weighted by molar-refractivity contribution is -0.216. The number of carbonyl (C=O) groups is 2. The minimum Gasteiger partial charge on any atom is -0.512 e. The van der Waals surface area contributed by atoms with Crippen LogP contribution in [-0.2, 0) is 28.5 Å². The van der Waals surface area contributed by atoms with Gasteiger partial charge < -0.3 is 28.5 Å². The highest BCUT2D eigenvalue weighted by atomic mass is 16.6. The Morgan fingerprint density at radius 1 is 1.23 bits per heavy atom. The first kappa shape index (κ1) is 27.3. The van der Waals surface area contributed by atoms with Crippen molar-refractivity contribution >= 4 is 11.9 Å². The van der Waals surface area contributed by atoms with Gasteiger partial charge in [-0.1, -0.05) is 25.0 Å². The van der Waals surface area contributed by atoms with Crippen molar-refractivity contribution in [2.24, 2.45) is 28.1 Å². The summed E-state index contributed by atoms with van der Waals surface area (Å²) in [6.07, 6.45) is 5.91. The first-order valence-corrected chi connectivity index (χ1v) is 14.2. The highest BCUT2D eigenvalue weighted by Crippen LogP contribution is 2.73. The number of methoxy groups -OCH3 is 1. The molecule has 0 spiro atoms. The lowest BCUT2D eigenvalue weighted by atomic mass is 9.41. The van der Waals surface area contributed by atoms with Gasteiger partial charge in [-0.2, -0.15) is 0 Å². The van der Waals surface area contributed by atoms with E-state index in [0.717, 1.165) is 17.6 Å². The van der Waals surface area contributed by atoms with Crippen molar-refractivity contribution in [3.63, 3.8) is 0 Å². The molecule has 0 radical (unpaired) electrons. The summed E-state index contributed by atoms with van der Waals surface area (Å²) < 4.78 is 30.3. The summed E-state index contributed by atoms with van der Waals surface area (Å²) in [7, 11) is 1.40. The van der Waals surface area contributed by atoms with Gasteiger partial charge in [0.1, 0.15) is 11.9 Å². The highest BCUT2D eigenvalue weighted by Gasteiger charge is 2.77. The number of fused-ring (bicyclic) bond motifs is 4. The van der Waals surface area contributed by atoms with Gasteiger partial charge >= 0.3 is 11.9 Å². The molecule has 40 heavy (non-hydrogen) atoms. The summed E-state index contributed by atoms with van der Waals surface area (Å²) in [5.41, 5.74) is 2.26.